The fraction of sp³-hybridized carbons (Fsp3) is 0.611. The fourth-order valence-electron chi connectivity index (χ4n) is 3.89. The Kier molecular flexibility index (Phi) is 3.78. The molecule has 0 bridgehead atoms. The summed E-state index contributed by atoms with van der Waals surface area (Å²) in [4.78, 5) is 14.7. The molecule has 2 unspecified atom stereocenters. The van der Waals surface area contributed by atoms with Crippen molar-refractivity contribution >= 4 is 5.91 Å². The second-order valence-electron chi connectivity index (χ2n) is 6.87. The maximum atomic E-state index is 12.8. The number of fused-ring (bicyclic) bond motifs is 1. The van der Waals surface area contributed by atoms with Gasteiger partial charge >= 0.3 is 0 Å². The van der Waals surface area contributed by atoms with Crippen molar-refractivity contribution in [2.24, 2.45) is 5.92 Å². The highest BCUT2D eigenvalue weighted by molar-refractivity contribution is 5.96. The zero-order valence-corrected chi connectivity index (χ0v) is 13.1. The van der Waals surface area contributed by atoms with Crippen LogP contribution in [0.15, 0.2) is 18.2 Å². The van der Waals surface area contributed by atoms with E-state index in [9.17, 15) is 9.90 Å². The van der Waals surface area contributed by atoms with Crippen LogP contribution in [-0.4, -0.2) is 34.6 Å². The lowest BCUT2D eigenvalue weighted by molar-refractivity contribution is -0.0886. The maximum absolute atomic E-state index is 12.8. The van der Waals surface area contributed by atoms with Crippen LogP contribution in [0.1, 0.15) is 53.6 Å². The minimum absolute atomic E-state index is 0.129. The van der Waals surface area contributed by atoms with E-state index in [2.05, 4.69) is 0 Å². The van der Waals surface area contributed by atoms with Gasteiger partial charge in [0.2, 0.25) is 0 Å². The third kappa shape index (κ3) is 2.71. The molecule has 1 aliphatic carbocycles. The van der Waals surface area contributed by atoms with Gasteiger partial charge in [0.05, 0.1) is 5.60 Å². The standard InChI is InChI=1S/C18H25NO2/c1-13-6-7-14(2)16(11-13)17(20)19-10-9-18(21)8-4-3-5-15(18)12-19/h6-7,11,15,21H,3-5,8-10,12H2,1-2H3. The topological polar surface area (TPSA) is 40.5 Å². The van der Waals surface area contributed by atoms with E-state index >= 15 is 0 Å². The Labute approximate surface area is 127 Å². The van der Waals surface area contributed by atoms with Crippen LogP contribution in [0.25, 0.3) is 0 Å². The highest BCUT2D eigenvalue weighted by Gasteiger charge is 2.43. The van der Waals surface area contributed by atoms with Crippen LogP contribution in [0.2, 0.25) is 0 Å². The number of likely N-dealkylation sites (tertiary alicyclic amines) is 1. The summed E-state index contributed by atoms with van der Waals surface area (Å²) in [5.41, 5.74) is 2.46. The van der Waals surface area contributed by atoms with Crippen LogP contribution in [0.3, 0.4) is 0 Å². The van der Waals surface area contributed by atoms with Crippen LogP contribution in [0.4, 0.5) is 0 Å². The van der Waals surface area contributed by atoms with Crippen LogP contribution in [0.5, 0.6) is 0 Å². The number of hydrogen-bond acceptors (Lipinski definition) is 2. The average molecular weight is 287 g/mol. The fourth-order valence-corrected chi connectivity index (χ4v) is 3.89. The summed E-state index contributed by atoms with van der Waals surface area (Å²) in [6, 6.07) is 6.05. The number of carbonyl (C=O) groups excluding carboxylic acids is 1. The summed E-state index contributed by atoms with van der Waals surface area (Å²) >= 11 is 0. The van der Waals surface area contributed by atoms with E-state index in [1.54, 1.807) is 0 Å². The van der Waals surface area contributed by atoms with Gasteiger partial charge in [-0.05, 0) is 44.7 Å². The summed E-state index contributed by atoms with van der Waals surface area (Å²) < 4.78 is 0. The average Bonchev–Trinajstić information content (AvgIpc) is 2.48. The lowest BCUT2D eigenvalue weighted by atomic mass is 9.71. The Morgan fingerprint density at radius 3 is 2.90 bits per heavy atom. The van der Waals surface area contributed by atoms with Crippen molar-refractivity contribution in [2.45, 2.75) is 51.6 Å². The van der Waals surface area contributed by atoms with Crippen LogP contribution < -0.4 is 0 Å². The van der Waals surface area contributed by atoms with Crippen molar-refractivity contribution in [1.29, 1.82) is 0 Å². The zero-order valence-electron chi connectivity index (χ0n) is 13.1. The molecule has 1 heterocycles. The Hall–Kier alpha value is -1.35. The Balaban J connectivity index is 1.79. The Morgan fingerprint density at radius 2 is 2.10 bits per heavy atom. The second-order valence-corrected chi connectivity index (χ2v) is 6.87. The SMILES string of the molecule is Cc1ccc(C)c(C(=O)N2CCC3(O)CCCCC3C2)c1. The molecule has 1 saturated carbocycles. The number of piperidine rings is 1. The molecule has 0 radical (unpaired) electrons. The third-order valence-electron chi connectivity index (χ3n) is 5.34. The van der Waals surface area contributed by atoms with E-state index < -0.39 is 5.60 Å². The molecule has 21 heavy (non-hydrogen) atoms. The Morgan fingerprint density at radius 1 is 1.29 bits per heavy atom. The third-order valence-corrected chi connectivity index (χ3v) is 5.34. The van der Waals surface area contributed by atoms with Gasteiger partial charge in [-0.25, -0.2) is 0 Å². The van der Waals surface area contributed by atoms with E-state index in [1.165, 1.54) is 6.42 Å². The summed E-state index contributed by atoms with van der Waals surface area (Å²) in [6.07, 6.45) is 4.99. The molecule has 1 aromatic carbocycles. The highest BCUT2D eigenvalue weighted by atomic mass is 16.3. The number of aliphatic hydroxyl groups is 1. The first kappa shape index (κ1) is 14.6. The van der Waals surface area contributed by atoms with Gasteiger partial charge in [-0.1, -0.05) is 30.5 Å². The summed E-state index contributed by atoms with van der Waals surface area (Å²) in [7, 11) is 0. The molecule has 114 valence electrons. The van der Waals surface area contributed by atoms with Crippen LogP contribution >= 0.6 is 0 Å². The number of hydrogen-bond donors (Lipinski definition) is 1. The van der Waals surface area contributed by atoms with Gasteiger partial charge in [0.15, 0.2) is 0 Å². The normalized spacial score (nSPS) is 29.1. The summed E-state index contributed by atoms with van der Waals surface area (Å²) in [5, 5.41) is 10.7. The molecule has 1 aliphatic heterocycles. The van der Waals surface area contributed by atoms with Gasteiger partial charge in [0, 0.05) is 24.6 Å². The predicted octanol–water partition coefficient (Wildman–Crippen LogP) is 3.07. The van der Waals surface area contributed by atoms with Gasteiger partial charge in [-0.15, -0.1) is 0 Å². The first-order valence-corrected chi connectivity index (χ1v) is 8.08. The number of aryl methyl sites for hydroxylation is 2. The van der Waals surface area contributed by atoms with E-state index in [0.717, 1.165) is 42.4 Å². The predicted molar refractivity (Wildman–Crippen MR) is 83.3 cm³/mol. The molecule has 1 saturated heterocycles. The number of amides is 1. The number of carbonyl (C=O) groups is 1. The van der Waals surface area contributed by atoms with E-state index in [4.69, 9.17) is 0 Å². The van der Waals surface area contributed by atoms with Gasteiger partial charge in [-0.3, -0.25) is 4.79 Å². The zero-order chi connectivity index (χ0) is 15.0. The van der Waals surface area contributed by atoms with Crippen molar-refractivity contribution in [3.63, 3.8) is 0 Å². The summed E-state index contributed by atoms with van der Waals surface area (Å²) in [6.45, 7) is 5.40. The van der Waals surface area contributed by atoms with E-state index in [0.29, 0.717) is 13.1 Å². The molecule has 1 N–H and O–H groups in total. The highest BCUT2D eigenvalue weighted by Crippen LogP contribution is 2.40. The molecule has 0 aromatic heterocycles. The molecule has 3 rings (SSSR count). The molecule has 2 aliphatic rings. The van der Waals surface area contributed by atoms with Crippen molar-refractivity contribution in [1.82, 2.24) is 4.90 Å². The minimum Gasteiger partial charge on any atom is -0.389 e. The lowest BCUT2D eigenvalue weighted by Gasteiger charge is -2.47. The van der Waals surface area contributed by atoms with Gasteiger partial charge in [0.1, 0.15) is 0 Å². The first-order chi connectivity index (χ1) is 9.99. The van der Waals surface area contributed by atoms with Crippen molar-refractivity contribution in [3.8, 4) is 0 Å². The van der Waals surface area contributed by atoms with Crippen molar-refractivity contribution in [2.75, 3.05) is 13.1 Å². The molecule has 2 atom stereocenters. The van der Waals surface area contributed by atoms with Crippen molar-refractivity contribution < 1.29 is 9.90 Å². The molecular formula is C18H25NO2. The second kappa shape index (κ2) is 5.45. The van der Waals surface area contributed by atoms with E-state index in [1.807, 2.05) is 36.9 Å². The molecule has 3 heteroatoms. The van der Waals surface area contributed by atoms with Crippen LogP contribution in [-0.2, 0) is 0 Å². The molecule has 3 nitrogen and oxygen atoms in total. The number of rotatable bonds is 1. The van der Waals surface area contributed by atoms with Gasteiger partial charge in [-0.2, -0.15) is 0 Å². The van der Waals surface area contributed by atoms with Crippen molar-refractivity contribution in [3.05, 3.63) is 34.9 Å². The molecule has 1 aromatic rings. The van der Waals surface area contributed by atoms with Crippen LogP contribution in [0, 0.1) is 19.8 Å². The van der Waals surface area contributed by atoms with Gasteiger partial charge < -0.3 is 10.0 Å². The Bertz CT molecular complexity index is 554. The summed E-state index contributed by atoms with van der Waals surface area (Å²) in [5.74, 6) is 0.387. The number of benzene rings is 1. The number of nitrogens with zero attached hydrogens (tertiary/aromatic N) is 1. The quantitative estimate of drug-likeness (QED) is 0.862. The molecule has 1 amide bonds. The molecular weight excluding hydrogens is 262 g/mol. The molecule has 2 fully saturated rings. The van der Waals surface area contributed by atoms with Gasteiger partial charge in [0.25, 0.3) is 5.91 Å². The monoisotopic (exact) mass is 287 g/mol. The smallest absolute Gasteiger partial charge is 0.254 e. The minimum atomic E-state index is -0.517. The lowest BCUT2D eigenvalue weighted by Crippen LogP contribution is -2.54. The first-order valence-electron chi connectivity index (χ1n) is 8.08. The molecule has 0 spiro atoms. The van der Waals surface area contributed by atoms with E-state index in [-0.39, 0.29) is 11.8 Å². The largest absolute Gasteiger partial charge is 0.389 e. The maximum Gasteiger partial charge on any atom is 0.254 e.